The standard InChI is InChI=1S/C18H15N3O5S/c1-10(19-17(23)14-3-2-6-24-14)16(22)21-18-20-12(8-27-18)11-4-5-13-15(7-11)26-9-25-13/h2-8,10H,9H2,1H3,(H,19,23)(H,20,21,22)/t10-/m0/s1. The molecule has 0 fully saturated rings. The average molecular weight is 385 g/mol. The van der Waals surface area contributed by atoms with E-state index in [4.69, 9.17) is 13.9 Å². The molecule has 1 aliphatic heterocycles. The molecule has 0 bridgehead atoms. The summed E-state index contributed by atoms with van der Waals surface area (Å²) in [6, 6.07) is 7.92. The summed E-state index contributed by atoms with van der Waals surface area (Å²) in [5, 5.41) is 7.54. The molecule has 0 saturated heterocycles. The lowest BCUT2D eigenvalue weighted by atomic mass is 10.1. The Bertz CT molecular complexity index is 983. The maximum Gasteiger partial charge on any atom is 0.287 e. The van der Waals surface area contributed by atoms with E-state index in [0.717, 1.165) is 5.56 Å². The summed E-state index contributed by atoms with van der Waals surface area (Å²) in [5.74, 6) is 0.683. The molecule has 2 amide bonds. The molecule has 27 heavy (non-hydrogen) atoms. The van der Waals surface area contributed by atoms with Gasteiger partial charge >= 0.3 is 0 Å². The lowest BCUT2D eigenvalue weighted by molar-refractivity contribution is -0.117. The number of nitrogens with zero attached hydrogens (tertiary/aromatic N) is 1. The van der Waals surface area contributed by atoms with Crippen molar-refractivity contribution in [1.82, 2.24) is 10.3 Å². The van der Waals surface area contributed by atoms with Crippen molar-refractivity contribution in [2.75, 3.05) is 12.1 Å². The number of hydrogen-bond acceptors (Lipinski definition) is 7. The zero-order valence-electron chi connectivity index (χ0n) is 14.2. The first-order chi connectivity index (χ1) is 13.1. The Morgan fingerprint density at radius 3 is 2.89 bits per heavy atom. The van der Waals surface area contributed by atoms with E-state index in [-0.39, 0.29) is 18.5 Å². The number of fused-ring (bicyclic) bond motifs is 1. The average Bonchev–Trinajstić information content (AvgIpc) is 3.41. The number of anilines is 1. The van der Waals surface area contributed by atoms with E-state index in [1.54, 1.807) is 13.0 Å². The molecule has 0 aliphatic carbocycles. The summed E-state index contributed by atoms with van der Waals surface area (Å²) in [6.45, 7) is 1.79. The van der Waals surface area contributed by atoms with Crippen molar-refractivity contribution in [2.24, 2.45) is 0 Å². The Hall–Kier alpha value is -3.33. The van der Waals surface area contributed by atoms with Crippen molar-refractivity contribution in [3.05, 3.63) is 47.7 Å². The summed E-state index contributed by atoms with van der Waals surface area (Å²) in [7, 11) is 0. The van der Waals surface area contributed by atoms with E-state index >= 15 is 0 Å². The Labute approximate surface area is 158 Å². The molecule has 4 rings (SSSR count). The van der Waals surface area contributed by atoms with E-state index in [9.17, 15) is 9.59 Å². The molecule has 1 aromatic carbocycles. The van der Waals surface area contributed by atoms with Crippen LogP contribution < -0.4 is 20.1 Å². The van der Waals surface area contributed by atoms with Crippen LogP contribution in [0.3, 0.4) is 0 Å². The van der Waals surface area contributed by atoms with Gasteiger partial charge in [0.1, 0.15) is 6.04 Å². The molecule has 1 aliphatic rings. The molecular formula is C18H15N3O5S. The highest BCUT2D eigenvalue weighted by Gasteiger charge is 2.20. The number of rotatable bonds is 5. The van der Waals surface area contributed by atoms with E-state index in [0.29, 0.717) is 22.3 Å². The molecule has 1 atom stereocenters. The number of carbonyl (C=O) groups is 2. The summed E-state index contributed by atoms with van der Waals surface area (Å²) in [5.41, 5.74) is 1.57. The quantitative estimate of drug-likeness (QED) is 0.700. The molecule has 0 unspecified atom stereocenters. The third kappa shape index (κ3) is 3.63. The molecule has 3 aromatic rings. The third-order valence-corrected chi connectivity index (χ3v) is 4.65. The van der Waals surface area contributed by atoms with Crippen molar-refractivity contribution in [2.45, 2.75) is 13.0 Å². The first-order valence-corrected chi connectivity index (χ1v) is 8.99. The first kappa shape index (κ1) is 17.1. The Kier molecular flexibility index (Phi) is 4.51. The van der Waals surface area contributed by atoms with Gasteiger partial charge in [-0.25, -0.2) is 4.98 Å². The topological polar surface area (TPSA) is 103 Å². The minimum Gasteiger partial charge on any atom is -0.459 e. The van der Waals surface area contributed by atoms with Gasteiger partial charge in [-0.15, -0.1) is 11.3 Å². The van der Waals surface area contributed by atoms with Crippen LogP contribution in [0.25, 0.3) is 11.3 Å². The molecule has 3 heterocycles. The van der Waals surface area contributed by atoms with Crippen LogP contribution in [-0.2, 0) is 4.79 Å². The van der Waals surface area contributed by atoms with Crippen molar-refractivity contribution in [3.8, 4) is 22.8 Å². The SMILES string of the molecule is C[C@H](NC(=O)c1ccco1)C(=O)Nc1nc(-c2ccc3c(c2)OCO3)cs1. The number of aromatic nitrogens is 1. The van der Waals surface area contributed by atoms with Crippen molar-refractivity contribution in [1.29, 1.82) is 0 Å². The highest BCUT2D eigenvalue weighted by molar-refractivity contribution is 7.14. The van der Waals surface area contributed by atoms with Gasteiger partial charge in [-0.1, -0.05) is 0 Å². The molecule has 0 radical (unpaired) electrons. The van der Waals surface area contributed by atoms with Crippen LogP contribution in [0, 0.1) is 0 Å². The van der Waals surface area contributed by atoms with Gasteiger partial charge in [-0.3, -0.25) is 9.59 Å². The largest absolute Gasteiger partial charge is 0.459 e. The molecule has 8 nitrogen and oxygen atoms in total. The fraction of sp³-hybridized carbons (Fsp3) is 0.167. The van der Waals surface area contributed by atoms with Crippen molar-refractivity contribution < 1.29 is 23.5 Å². The lowest BCUT2D eigenvalue weighted by Gasteiger charge is -2.11. The van der Waals surface area contributed by atoms with E-state index < -0.39 is 11.9 Å². The number of ether oxygens (including phenoxy) is 2. The van der Waals surface area contributed by atoms with E-state index in [1.807, 2.05) is 23.6 Å². The predicted molar refractivity (Wildman–Crippen MR) is 97.9 cm³/mol. The number of benzene rings is 1. The molecule has 0 saturated carbocycles. The van der Waals surface area contributed by atoms with Gasteiger partial charge in [0.05, 0.1) is 12.0 Å². The van der Waals surface area contributed by atoms with Crippen LogP contribution in [-0.4, -0.2) is 29.6 Å². The molecule has 0 spiro atoms. The number of thiazole rings is 1. The fourth-order valence-electron chi connectivity index (χ4n) is 2.47. The number of carbonyl (C=O) groups excluding carboxylic acids is 2. The minimum absolute atomic E-state index is 0.147. The zero-order chi connectivity index (χ0) is 18.8. The van der Waals surface area contributed by atoms with Gasteiger partial charge in [-0.05, 0) is 37.3 Å². The van der Waals surface area contributed by atoms with Crippen LogP contribution in [0.5, 0.6) is 11.5 Å². The number of nitrogens with one attached hydrogen (secondary N) is 2. The fourth-order valence-corrected chi connectivity index (χ4v) is 3.20. The van der Waals surface area contributed by atoms with Crippen molar-refractivity contribution in [3.63, 3.8) is 0 Å². The Balaban J connectivity index is 1.40. The molecule has 2 aromatic heterocycles. The second-order valence-electron chi connectivity index (χ2n) is 5.77. The summed E-state index contributed by atoms with van der Waals surface area (Å²) >= 11 is 1.29. The van der Waals surface area contributed by atoms with Crippen LogP contribution in [0.1, 0.15) is 17.5 Å². The van der Waals surface area contributed by atoms with Crippen LogP contribution >= 0.6 is 11.3 Å². The predicted octanol–water partition coefficient (Wildman–Crippen LogP) is 2.89. The van der Waals surface area contributed by atoms with Gasteiger partial charge < -0.3 is 24.5 Å². The number of amides is 2. The van der Waals surface area contributed by atoms with Gasteiger partial charge in [0.25, 0.3) is 5.91 Å². The summed E-state index contributed by atoms with van der Waals surface area (Å²) < 4.78 is 15.7. The highest BCUT2D eigenvalue weighted by atomic mass is 32.1. The Morgan fingerprint density at radius 2 is 2.07 bits per heavy atom. The van der Waals surface area contributed by atoms with Crippen LogP contribution in [0.4, 0.5) is 5.13 Å². The molecule has 2 N–H and O–H groups in total. The zero-order valence-corrected chi connectivity index (χ0v) is 15.0. The van der Waals surface area contributed by atoms with Crippen LogP contribution in [0.15, 0.2) is 46.4 Å². The highest BCUT2D eigenvalue weighted by Crippen LogP contribution is 2.36. The Morgan fingerprint density at radius 1 is 1.22 bits per heavy atom. The summed E-state index contributed by atoms with van der Waals surface area (Å²) in [6.07, 6.45) is 1.40. The molecular weight excluding hydrogens is 370 g/mol. The van der Waals surface area contributed by atoms with Crippen molar-refractivity contribution >= 4 is 28.3 Å². The van der Waals surface area contributed by atoms with Gasteiger partial charge in [-0.2, -0.15) is 0 Å². The lowest BCUT2D eigenvalue weighted by Crippen LogP contribution is -2.41. The van der Waals surface area contributed by atoms with Crippen LogP contribution in [0.2, 0.25) is 0 Å². The maximum atomic E-state index is 12.3. The first-order valence-electron chi connectivity index (χ1n) is 8.11. The van der Waals surface area contributed by atoms with E-state index in [1.165, 1.54) is 23.7 Å². The number of hydrogen-bond donors (Lipinski definition) is 2. The smallest absolute Gasteiger partial charge is 0.287 e. The second-order valence-corrected chi connectivity index (χ2v) is 6.63. The van der Waals surface area contributed by atoms with Gasteiger partial charge in [0.2, 0.25) is 12.7 Å². The monoisotopic (exact) mass is 385 g/mol. The summed E-state index contributed by atoms with van der Waals surface area (Å²) in [4.78, 5) is 28.6. The number of furan rings is 1. The third-order valence-electron chi connectivity index (χ3n) is 3.89. The molecule has 9 heteroatoms. The van der Waals surface area contributed by atoms with E-state index in [2.05, 4.69) is 15.6 Å². The minimum atomic E-state index is -0.750. The normalized spacial score (nSPS) is 13.2. The maximum absolute atomic E-state index is 12.3. The van der Waals surface area contributed by atoms with Gasteiger partial charge in [0, 0.05) is 10.9 Å². The second kappa shape index (κ2) is 7.12. The van der Waals surface area contributed by atoms with Gasteiger partial charge in [0.15, 0.2) is 22.4 Å². The molecule has 138 valence electrons.